The quantitative estimate of drug-likeness (QED) is 0.453. The van der Waals surface area contributed by atoms with E-state index in [4.69, 9.17) is 5.11 Å². The van der Waals surface area contributed by atoms with Crippen molar-refractivity contribution in [1.29, 1.82) is 0 Å². The molecular formula is C18H41NO2P+. The van der Waals surface area contributed by atoms with Gasteiger partial charge in [0.25, 0.3) is 0 Å². The summed E-state index contributed by atoms with van der Waals surface area (Å²) in [5.74, 6) is -0.968. The second kappa shape index (κ2) is 17.2. The fourth-order valence-corrected chi connectivity index (χ4v) is 7.93. The molecule has 0 aromatic rings. The molecule has 0 amide bonds. The van der Waals surface area contributed by atoms with Gasteiger partial charge in [0.1, 0.15) is 0 Å². The van der Waals surface area contributed by atoms with Crippen molar-refractivity contribution in [3.63, 3.8) is 0 Å². The topological polar surface area (TPSA) is 63.3 Å². The van der Waals surface area contributed by atoms with Gasteiger partial charge in [-0.2, -0.15) is 0 Å². The summed E-state index contributed by atoms with van der Waals surface area (Å²) in [6, 6.07) is 0. The van der Waals surface area contributed by atoms with Crippen LogP contribution < -0.4 is 5.73 Å². The van der Waals surface area contributed by atoms with E-state index in [1.54, 1.807) is 24.6 Å². The van der Waals surface area contributed by atoms with Crippen molar-refractivity contribution >= 4 is 13.2 Å². The van der Waals surface area contributed by atoms with Crippen molar-refractivity contribution in [2.45, 2.75) is 79.1 Å². The largest absolute Gasteiger partial charge is 0.480 e. The molecule has 0 saturated heterocycles. The van der Waals surface area contributed by atoms with Crippen LogP contribution in [0, 0.1) is 0 Å². The van der Waals surface area contributed by atoms with E-state index in [0.717, 1.165) is 0 Å². The van der Waals surface area contributed by atoms with Crippen LogP contribution >= 0.6 is 7.26 Å². The van der Waals surface area contributed by atoms with Gasteiger partial charge in [-0.15, -0.1) is 0 Å². The second-order valence-corrected chi connectivity index (χ2v) is 10.7. The van der Waals surface area contributed by atoms with Gasteiger partial charge in [-0.1, -0.05) is 53.4 Å². The Balaban J connectivity index is 0. The predicted molar refractivity (Wildman–Crippen MR) is 103 cm³/mol. The monoisotopic (exact) mass is 334 g/mol. The summed E-state index contributed by atoms with van der Waals surface area (Å²) in [6.45, 7) is 9.14. The molecular weight excluding hydrogens is 293 g/mol. The molecule has 0 bridgehead atoms. The highest BCUT2D eigenvalue weighted by Crippen LogP contribution is 2.61. The maximum Gasteiger partial charge on any atom is 0.317 e. The van der Waals surface area contributed by atoms with Gasteiger partial charge in [0.15, 0.2) is 0 Å². The van der Waals surface area contributed by atoms with Crippen molar-refractivity contribution in [3.8, 4) is 0 Å². The molecule has 0 radical (unpaired) electrons. The molecule has 0 fully saturated rings. The molecule has 0 saturated carbocycles. The third kappa shape index (κ3) is 14.8. The van der Waals surface area contributed by atoms with E-state index >= 15 is 0 Å². The van der Waals surface area contributed by atoms with Crippen LogP contribution in [0.3, 0.4) is 0 Å². The number of hydrogen-bond acceptors (Lipinski definition) is 2. The van der Waals surface area contributed by atoms with Gasteiger partial charge in [0.2, 0.25) is 0 Å². The van der Waals surface area contributed by atoms with Crippen LogP contribution in [0.2, 0.25) is 0 Å². The van der Waals surface area contributed by atoms with Crippen molar-refractivity contribution in [2.24, 2.45) is 5.73 Å². The zero-order valence-electron chi connectivity index (χ0n) is 15.6. The minimum absolute atomic E-state index is 0.278. The van der Waals surface area contributed by atoms with Gasteiger partial charge in [-0.05, 0) is 25.7 Å². The first-order chi connectivity index (χ1) is 10.5. The SMILES string of the molecule is CCCC[P+](CCCC)(CCCC)CCCC.NCC(=O)O. The number of nitrogens with two attached hydrogens (primary N) is 1. The summed E-state index contributed by atoms with van der Waals surface area (Å²) in [5, 5.41) is 7.60. The van der Waals surface area contributed by atoms with Gasteiger partial charge in [0.05, 0.1) is 31.2 Å². The van der Waals surface area contributed by atoms with E-state index in [1.807, 2.05) is 0 Å². The van der Waals surface area contributed by atoms with E-state index in [-0.39, 0.29) is 6.54 Å². The Hall–Kier alpha value is -0.140. The van der Waals surface area contributed by atoms with Crippen molar-refractivity contribution in [3.05, 3.63) is 0 Å². The van der Waals surface area contributed by atoms with Crippen molar-refractivity contribution in [1.82, 2.24) is 0 Å². The molecule has 4 heteroatoms. The molecule has 3 N–H and O–H groups in total. The Bertz CT molecular complexity index is 210. The Morgan fingerprint density at radius 2 is 1.00 bits per heavy atom. The molecule has 22 heavy (non-hydrogen) atoms. The molecule has 0 aliphatic rings. The van der Waals surface area contributed by atoms with Gasteiger partial charge in [-0.25, -0.2) is 0 Å². The number of rotatable bonds is 13. The number of aliphatic carboxylic acids is 1. The van der Waals surface area contributed by atoms with Crippen LogP contribution in [0.25, 0.3) is 0 Å². The molecule has 0 aliphatic carbocycles. The predicted octanol–water partition coefficient (Wildman–Crippen LogP) is 5.23. The maximum absolute atomic E-state index is 9.24. The summed E-state index contributed by atoms with van der Waals surface area (Å²) in [4.78, 5) is 9.24. The zero-order valence-corrected chi connectivity index (χ0v) is 16.5. The Morgan fingerprint density at radius 3 is 1.14 bits per heavy atom. The van der Waals surface area contributed by atoms with E-state index < -0.39 is 13.2 Å². The third-order valence-electron chi connectivity index (χ3n) is 4.12. The summed E-state index contributed by atoms with van der Waals surface area (Å²) < 4.78 is 0. The molecule has 0 spiro atoms. The van der Waals surface area contributed by atoms with Gasteiger partial charge < -0.3 is 10.8 Å². The van der Waals surface area contributed by atoms with Crippen LogP contribution in [0.4, 0.5) is 0 Å². The average Bonchev–Trinajstić information content (AvgIpc) is 2.54. The van der Waals surface area contributed by atoms with Crippen LogP contribution in [0.1, 0.15) is 79.1 Å². The smallest absolute Gasteiger partial charge is 0.317 e. The molecule has 0 atom stereocenters. The van der Waals surface area contributed by atoms with Crippen molar-refractivity contribution in [2.75, 3.05) is 31.2 Å². The number of unbranched alkanes of at least 4 members (excludes halogenated alkanes) is 4. The summed E-state index contributed by atoms with van der Waals surface area (Å²) in [6.07, 6.45) is 17.9. The molecule has 134 valence electrons. The first kappa shape index (κ1) is 24.1. The lowest BCUT2D eigenvalue weighted by atomic mass is 10.4. The van der Waals surface area contributed by atoms with E-state index in [0.29, 0.717) is 0 Å². The number of carboxylic acid groups (broad SMARTS) is 1. The van der Waals surface area contributed by atoms with Crippen molar-refractivity contribution < 1.29 is 9.90 Å². The average molecular weight is 335 g/mol. The van der Waals surface area contributed by atoms with E-state index in [9.17, 15) is 4.79 Å². The van der Waals surface area contributed by atoms with Gasteiger partial charge in [0, 0.05) is 7.26 Å². The molecule has 0 aliphatic heterocycles. The summed E-state index contributed by atoms with van der Waals surface area (Å²) >= 11 is 0. The van der Waals surface area contributed by atoms with Gasteiger partial charge >= 0.3 is 5.97 Å². The van der Waals surface area contributed by atoms with Crippen LogP contribution in [0.5, 0.6) is 0 Å². The summed E-state index contributed by atoms with van der Waals surface area (Å²) in [5.41, 5.74) is 4.57. The molecule has 0 unspecified atom stereocenters. The van der Waals surface area contributed by atoms with E-state index in [2.05, 4.69) is 33.4 Å². The lowest BCUT2D eigenvalue weighted by Crippen LogP contribution is -2.12. The summed E-state index contributed by atoms with van der Waals surface area (Å²) in [7, 11) is -0.562. The lowest BCUT2D eigenvalue weighted by molar-refractivity contribution is -0.135. The van der Waals surface area contributed by atoms with Crippen LogP contribution in [-0.4, -0.2) is 42.3 Å². The first-order valence-corrected chi connectivity index (χ1v) is 11.8. The van der Waals surface area contributed by atoms with Crippen LogP contribution in [0.15, 0.2) is 0 Å². The highest BCUT2D eigenvalue weighted by Gasteiger charge is 2.34. The molecule has 0 aromatic heterocycles. The fraction of sp³-hybridized carbons (Fsp3) is 0.944. The Kier molecular flexibility index (Phi) is 18.9. The number of carbonyl (C=O) groups is 1. The Morgan fingerprint density at radius 1 is 0.773 bits per heavy atom. The highest BCUT2D eigenvalue weighted by molar-refractivity contribution is 7.75. The zero-order chi connectivity index (χ0) is 17.3. The standard InChI is InChI=1S/C16H36P.C2H5NO2/c1-5-9-13-17(14-10-6-2,15-11-7-3)16-12-8-4;3-1-2(4)5/h5-16H2,1-4H3;1,3H2,(H,4,5)/q+1;. The van der Waals surface area contributed by atoms with E-state index in [1.165, 1.54) is 51.4 Å². The van der Waals surface area contributed by atoms with Crippen LogP contribution in [-0.2, 0) is 4.79 Å². The molecule has 0 heterocycles. The first-order valence-electron chi connectivity index (χ1n) is 9.28. The minimum Gasteiger partial charge on any atom is -0.480 e. The molecule has 3 nitrogen and oxygen atoms in total. The van der Waals surface area contributed by atoms with Gasteiger partial charge in [-0.3, -0.25) is 4.79 Å². The molecule has 0 aromatic carbocycles. The number of carboxylic acids is 1. The highest BCUT2D eigenvalue weighted by atomic mass is 31.2. The fourth-order valence-electron chi connectivity index (χ4n) is 2.64. The molecule has 0 rings (SSSR count). The maximum atomic E-state index is 9.24. The second-order valence-electron chi connectivity index (χ2n) is 6.25. The minimum atomic E-state index is -0.968. The third-order valence-corrected chi connectivity index (χ3v) is 9.18. The normalized spacial score (nSPS) is 11.0. The Labute approximate surface area is 139 Å². The number of hydrogen-bond donors (Lipinski definition) is 2. The lowest BCUT2D eigenvalue weighted by Gasteiger charge is -2.28.